The molecule has 156 valence electrons. The lowest BCUT2D eigenvalue weighted by Crippen LogP contribution is -2.26. The van der Waals surface area contributed by atoms with Gasteiger partial charge in [-0.1, -0.05) is 75.5 Å². The molecular weight excluding hydrogens is 336 g/mol. The molecule has 0 radical (unpaired) electrons. The summed E-state index contributed by atoms with van der Waals surface area (Å²) in [5, 5.41) is 0. The van der Waals surface area contributed by atoms with Crippen LogP contribution in [0.25, 0.3) is 0 Å². The average molecular weight is 379 g/mol. The van der Waals surface area contributed by atoms with E-state index in [9.17, 15) is 4.79 Å². The fraction of sp³-hybridized carbons (Fsp3) is 0.708. The van der Waals surface area contributed by atoms with Crippen molar-refractivity contribution in [2.24, 2.45) is 0 Å². The Labute approximate surface area is 167 Å². The number of carbonyl (C=O) groups is 1. The fourth-order valence-corrected chi connectivity index (χ4v) is 2.83. The van der Waals surface area contributed by atoms with E-state index < -0.39 is 0 Å². The van der Waals surface area contributed by atoms with Crippen LogP contribution in [0.4, 0.5) is 0 Å². The second kappa shape index (κ2) is 21.0. The number of allylic oxidation sites excluding steroid dienone is 6. The summed E-state index contributed by atoms with van der Waals surface area (Å²) in [4.78, 5) is 11.8. The molecular formula is C24H42O3. The van der Waals surface area contributed by atoms with Crippen molar-refractivity contribution >= 4 is 5.97 Å². The number of rotatable bonds is 18. The Hall–Kier alpha value is -1.35. The molecule has 0 bridgehead atoms. The molecule has 3 heteroatoms. The first-order valence-electron chi connectivity index (χ1n) is 11.0. The number of unbranched alkanes of at least 4 members (excludes halogenated alkanes) is 6. The number of hydrogen-bond acceptors (Lipinski definition) is 3. The van der Waals surface area contributed by atoms with Crippen LogP contribution < -0.4 is 0 Å². The largest absolute Gasteiger partial charge is 0.464 e. The highest BCUT2D eigenvalue weighted by Gasteiger charge is 2.18. The Bertz CT molecular complexity index is 410. The molecule has 0 saturated carbocycles. The van der Waals surface area contributed by atoms with Gasteiger partial charge in [-0.25, -0.2) is 4.79 Å². The van der Waals surface area contributed by atoms with E-state index >= 15 is 0 Å². The van der Waals surface area contributed by atoms with Crippen LogP contribution in [0, 0.1) is 0 Å². The third-order valence-electron chi connectivity index (χ3n) is 4.28. The number of esters is 1. The first-order chi connectivity index (χ1) is 13.3. The van der Waals surface area contributed by atoms with Crippen LogP contribution in [-0.2, 0) is 14.3 Å². The predicted octanol–water partition coefficient (Wildman–Crippen LogP) is 6.93. The van der Waals surface area contributed by atoms with Crippen LogP contribution in [0.5, 0.6) is 0 Å². The molecule has 0 fully saturated rings. The number of carbonyl (C=O) groups excluding carboxylic acids is 1. The normalized spacial score (nSPS) is 13.1. The van der Waals surface area contributed by atoms with Gasteiger partial charge in [0.15, 0.2) is 6.10 Å². The van der Waals surface area contributed by atoms with E-state index in [1.54, 1.807) is 0 Å². The molecule has 0 aromatic heterocycles. The molecule has 0 aliphatic rings. The maximum absolute atomic E-state index is 11.8. The van der Waals surface area contributed by atoms with Crippen LogP contribution in [0.2, 0.25) is 0 Å². The van der Waals surface area contributed by atoms with Crippen molar-refractivity contribution in [2.75, 3.05) is 13.2 Å². The van der Waals surface area contributed by atoms with E-state index in [4.69, 9.17) is 9.47 Å². The van der Waals surface area contributed by atoms with Crippen molar-refractivity contribution in [2.45, 2.75) is 97.5 Å². The van der Waals surface area contributed by atoms with Crippen molar-refractivity contribution in [1.29, 1.82) is 0 Å². The average Bonchev–Trinajstić information content (AvgIpc) is 2.67. The van der Waals surface area contributed by atoms with Crippen LogP contribution in [0.3, 0.4) is 0 Å². The van der Waals surface area contributed by atoms with Gasteiger partial charge in [0.05, 0.1) is 6.61 Å². The minimum absolute atomic E-state index is 0.210. The highest BCUT2D eigenvalue weighted by molar-refractivity contribution is 5.74. The van der Waals surface area contributed by atoms with Gasteiger partial charge in [0.2, 0.25) is 0 Å². The first kappa shape index (κ1) is 25.6. The summed E-state index contributed by atoms with van der Waals surface area (Å²) >= 11 is 0. The highest BCUT2D eigenvalue weighted by Crippen LogP contribution is 2.12. The summed E-state index contributed by atoms with van der Waals surface area (Å²) in [6, 6.07) is 0. The van der Waals surface area contributed by atoms with Crippen LogP contribution in [-0.4, -0.2) is 25.3 Å². The molecule has 0 aromatic carbocycles. The molecule has 0 aliphatic carbocycles. The zero-order chi connectivity index (χ0) is 20.0. The zero-order valence-electron chi connectivity index (χ0n) is 18.0. The molecule has 1 unspecified atom stereocenters. The maximum atomic E-state index is 11.8. The predicted molar refractivity (Wildman–Crippen MR) is 116 cm³/mol. The van der Waals surface area contributed by atoms with Gasteiger partial charge in [-0.2, -0.15) is 0 Å². The Morgan fingerprint density at radius 2 is 1.33 bits per heavy atom. The lowest BCUT2D eigenvalue weighted by molar-refractivity contribution is -0.156. The lowest BCUT2D eigenvalue weighted by atomic mass is 10.1. The van der Waals surface area contributed by atoms with E-state index in [1.165, 1.54) is 32.1 Å². The van der Waals surface area contributed by atoms with Crippen molar-refractivity contribution in [3.8, 4) is 0 Å². The van der Waals surface area contributed by atoms with Crippen molar-refractivity contribution in [3.63, 3.8) is 0 Å². The molecule has 1 atom stereocenters. The number of hydrogen-bond donors (Lipinski definition) is 0. The van der Waals surface area contributed by atoms with Crippen LogP contribution in [0.1, 0.15) is 91.4 Å². The van der Waals surface area contributed by atoms with Gasteiger partial charge in [-0.05, 0) is 52.4 Å². The molecule has 0 amide bonds. The summed E-state index contributed by atoms with van der Waals surface area (Å²) in [6.07, 6.45) is 25.5. The highest BCUT2D eigenvalue weighted by atomic mass is 16.6. The lowest BCUT2D eigenvalue weighted by Gasteiger charge is -2.15. The van der Waals surface area contributed by atoms with Gasteiger partial charge < -0.3 is 9.47 Å². The molecule has 0 spiro atoms. The monoisotopic (exact) mass is 378 g/mol. The van der Waals surface area contributed by atoms with Crippen molar-refractivity contribution in [1.82, 2.24) is 0 Å². The van der Waals surface area contributed by atoms with Crippen molar-refractivity contribution in [3.05, 3.63) is 36.5 Å². The maximum Gasteiger partial charge on any atom is 0.335 e. The Kier molecular flexibility index (Phi) is 19.9. The van der Waals surface area contributed by atoms with Gasteiger partial charge in [0.25, 0.3) is 0 Å². The standard InChI is InChI=1S/C24H42O3/c1-4-7-8-9-10-11-12-13-14-15-16-17-18-19-20-21-22-23(26-5-2)24(25)27-6-3/h7-8,10-11,13-14,23H,4-6,9,12,15-22H2,1-3H3. The SMILES string of the molecule is CCC=CCC=CCC=CCCCCCCCCC(OCC)C(=O)OCC. The van der Waals surface area contributed by atoms with Gasteiger partial charge in [-0.3, -0.25) is 0 Å². The molecule has 0 N–H and O–H groups in total. The Balaban J connectivity index is 3.51. The Morgan fingerprint density at radius 3 is 1.96 bits per heavy atom. The Morgan fingerprint density at radius 1 is 0.741 bits per heavy atom. The van der Waals surface area contributed by atoms with E-state index in [2.05, 4.69) is 43.4 Å². The third-order valence-corrected chi connectivity index (χ3v) is 4.28. The summed E-state index contributed by atoms with van der Waals surface area (Å²) in [6.45, 7) is 6.89. The summed E-state index contributed by atoms with van der Waals surface area (Å²) in [5.74, 6) is -0.210. The molecule has 0 rings (SSSR count). The van der Waals surface area contributed by atoms with E-state index in [0.29, 0.717) is 13.2 Å². The summed E-state index contributed by atoms with van der Waals surface area (Å²) in [7, 11) is 0. The van der Waals surface area contributed by atoms with Gasteiger partial charge in [0, 0.05) is 6.61 Å². The molecule has 0 aliphatic heterocycles. The fourth-order valence-electron chi connectivity index (χ4n) is 2.83. The molecule has 0 aromatic rings. The minimum Gasteiger partial charge on any atom is -0.464 e. The van der Waals surface area contributed by atoms with E-state index in [1.807, 2.05) is 13.8 Å². The second-order valence-corrected chi connectivity index (χ2v) is 6.69. The second-order valence-electron chi connectivity index (χ2n) is 6.69. The summed E-state index contributed by atoms with van der Waals surface area (Å²) in [5.41, 5.74) is 0. The smallest absolute Gasteiger partial charge is 0.335 e. The van der Waals surface area contributed by atoms with Gasteiger partial charge >= 0.3 is 5.97 Å². The first-order valence-corrected chi connectivity index (χ1v) is 11.0. The van der Waals surface area contributed by atoms with E-state index in [-0.39, 0.29) is 12.1 Å². The molecule has 3 nitrogen and oxygen atoms in total. The molecule has 0 heterocycles. The van der Waals surface area contributed by atoms with Gasteiger partial charge in [0.1, 0.15) is 0 Å². The van der Waals surface area contributed by atoms with Gasteiger partial charge in [-0.15, -0.1) is 0 Å². The molecule has 27 heavy (non-hydrogen) atoms. The van der Waals surface area contributed by atoms with E-state index in [0.717, 1.165) is 38.5 Å². The minimum atomic E-state index is -0.378. The quantitative estimate of drug-likeness (QED) is 0.147. The molecule has 0 saturated heterocycles. The van der Waals surface area contributed by atoms with Crippen LogP contribution in [0.15, 0.2) is 36.5 Å². The summed E-state index contributed by atoms with van der Waals surface area (Å²) < 4.78 is 10.5. The zero-order valence-corrected chi connectivity index (χ0v) is 18.0. The number of ether oxygens (including phenoxy) is 2. The topological polar surface area (TPSA) is 35.5 Å². The van der Waals surface area contributed by atoms with Crippen LogP contribution >= 0.6 is 0 Å². The van der Waals surface area contributed by atoms with Crippen molar-refractivity contribution < 1.29 is 14.3 Å². The third kappa shape index (κ3) is 17.8.